The number of hydrogen-bond acceptors (Lipinski definition) is 7. The maximum Gasteiger partial charge on any atom is 0.337 e. The van der Waals surface area contributed by atoms with E-state index in [4.69, 9.17) is 30.8 Å². The maximum atomic E-state index is 11.9. The van der Waals surface area contributed by atoms with Crippen LogP contribution in [0.2, 0.25) is 0 Å². The summed E-state index contributed by atoms with van der Waals surface area (Å²) >= 11 is 5.85. The van der Waals surface area contributed by atoms with E-state index in [1.807, 2.05) is 95.9 Å². The molecular formula is C33H27N3O5S. The fourth-order valence-corrected chi connectivity index (χ4v) is 5.28. The van der Waals surface area contributed by atoms with E-state index in [1.54, 1.807) is 25.4 Å². The summed E-state index contributed by atoms with van der Waals surface area (Å²) in [4.78, 5) is 18.5. The summed E-state index contributed by atoms with van der Waals surface area (Å²) in [5, 5.41) is 4.00. The molecule has 0 radical (unpaired) electrons. The van der Waals surface area contributed by atoms with Crippen LogP contribution < -0.4 is 19.7 Å². The summed E-state index contributed by atoms with van der Waals surface area (Å²) in [6.07, 6.45) is 1.77. The highest BCUT2D eigenvalue weighted by atomic mass is 32.1. The minimum absolute atomic E-state index is 0.255. The van der Waals surface area contributed by atoms with E-state index in [-0.39, 0.29) is 18.1 Å². The molecule has 0 unspecified atom stereocenters. The molecule has 8 nitrogen and oxygen atoms in total. The smallest absolute Gasteiger partial charge is 0.337 e. The van der Waals surface area contributed by atoms with Crippen molar-refractivity contribution in [2.75, 3.05) is 19.1 Å². The van der Waals surface area contributed by atoms with Crippen molar-refractivity contribution in [1.82, 2.24) is 10.3 Å². The Morgan fingerprint density at radius 2 is 1.55 bits per heavy atom. The number of thiocarbonyl (C=S) groups is 1. The van der Waals surface area contributed by atoms with Crippen LogP contribution in [0.3, 0.4) is 0 Å². The van der Waals surface area contributed by atoms with Crippen molar-refractivity contribution in [2.24, 2.45) is 0 Å². The van der Waals surface area contributed by atoms with Gasteiger partial charge in [0, 0.05) is 17.4 Å². The zero-order valence-electron chi connectivity index (χ0n) is 22.9. The van der Waals surface area contributed by atoms with Crippen molar-refractivity contribution in [3.05, 3.63) is 126 Å². The van der Waals surface area contributed by atoms with Gasteiger partial charge in [-0.05, 0) is 97.1 Å². The summed E-state index contributed by atoms with van der Waals surface area (Å²) in [6, 6.07) is 31.4. The Morgan fingerprint density at radius 3 is 2.19 bits per heavy atom. The first-order chi connectivity index (χ1) is 20.5. The van der Waals surface area contributed by atoms with Gasteiger partial charge in [0.15, 0.2) is 5.11 Å². The van der Waals surface area contributed by atoms with E-state index in [9.17, 15) is 4.79 Å². The second kappa shape index (κ2) is 11.8. The summed E-state index contributed by atoms with van der Waals surface area (Å²) in [5.74, 6) is 3.15. The zero-order valence-corrected chi connectivity index (χ0v) is 23.7. The number of esters is 1. The van der Waals surface area contributed by atoms with E-state index in [0.29, 0.717) is 33.7 Å². The van der Waals surface area contributed by atoms with Gasteiger partial charge in [-0.2, -0.15) is 0 Å². The SMILES string of the molecule is COC(=O)c1ccc(-c2ccc([C@H]3[C@H](c4ccccn4)NC(=S)N3c3ccc(Oc4ccc(OC)cc4)cc3)o2)cc1. The Bertz CT molecular complexity index is 1690. The van der Waals surface area contributed by atoms with E-state index < -0.39 is 0 Å². The van der Waals surface area contributed by atoms with E-state index >= 15 is 0 Å². The Morgan fingerprint density at radius 1 is 0.857 bits per heavy atom. The van der Waals surface area contributed by atoms with Crippen molar-refractivity contribution in [3.63, 3.8) is 0 Å². The molecule has 3 aromatic carbocycles. The van der Waals surface area contributed by atoms with Gasteiger partial charge in [-0.3, -0.25) is 4.98 Å². The number of aromatic nitrogens is 1. The lowest BCUT2D eigenvalue weighted by molar-refractivity contribution is 0.0600. The molecule has 42 heavy (non-hydrogen) atoms. The summed E-state index contributed by atoms with van der Waals surface area (Å²) in [6.45, 7) is 0. The highest BCUT2D eigenvalue weighted by Crippen LogP contribution is 2.43. The number of ether oxygens (including phenoxy) is 3. The van der Waals surface area contributed by atoms with Gasteiger partial charge in [0.1, 0.15) is 34.8 Å². The van der Waals surface area contributed by atoms with Crippen LogP contribution in [0.15, 0.2) is 114 Å². The summed E-state index contributed by atoms with van der Waals surface area (Å²) < 4.78 is 22.5. The molecular weight excluding hydrogens is 550 g/mol. The van der Waals surface area contributed by atoms with Gasteiger partial charge in [-0.1, -0.05) is 18.2 Å². The van der Waals surface area contributed by atoms with Crippen molar-refractivity contribution >= 4 is 29.0 Å². The molecule has 2 atom stereocenters. The summed E-state index contributed by atoms with van der Waals surface area (Å²) in [5.41, 5.74) is 3.02. The third kappa shape index (κ3) is 5.42. The third-order valence-electron chi connectivity index (χ3n) is 7.02. The minimum atomic E-state index is -0.388. The first-order valence-corrected chi connectivity index (χ1v) is 13.7. The van der Waals surface area contributed by atoms with Crippen LogP contribution in [0.1, 0.15) is 33.9 Å². The number of pyridine rings is 1. The molecule has 210 valence electrons. The van der Waals surface area contributed by atoms with Crippen molar-refractivity contribution in [3.8, 4) is 28.6 Å². The number of methoxy groups -OCH3 is 2. The van der Waals surface area contributed by atoms with Gasteiger partial charge in [0.2, 0.25) is 0 Å². The van der Waals surface area contributed by atoms with Crippen LogP contribution in [0, 0.1) is 0 Å². The van der Waals surface area contributed by atoms with Gasteiger partial charge < -0.3 is 28.8 Å². The molecule has 0 bridgehead atoms. The average molecular weight is 578 g/mol. The lowest BCUT2D eigenvalue weighted by Gasteiger charge is -2.26. The van der Waals surface area contributed by atoms with Crippen molar-refractivity contribution < 1.29 is 23.4 Å². The first kappa shape index (κ1) is 27.0. The number of furan rings is 1. The van der Waals surface area contributed by atoms with Crippen LogP contribution in [0.25, 0.3) is 11.3 Å². The third-order valence-corrected chi connectivity index (χ3v) is 7.33. The summed E-state index contributed by atoms with van der Waals surface area (Å²) in [7, 11) is 2.99. The first-order valence-electron chi connectivity index (χ1n) is 13.2. The van der Waals surface area contributed by atoms with Gasteiger partial charge >= 0.3 is 5.97 Å². The van der Waals surface area contributed by atoms with Crippen molar-refractivity contribution in [1.29, 1.82) is 0 Å². The number of benzene rings is 3. The average Bonchev–Trinajstić information content (AvgIpc) is 3.67. The Hall–Kier alpha value is -5.15. The number of nitrogens with one attached hydrogen (secondary N) is 1. The van der Waals surface area contributed by atoms with E-state index in [1.165, 1.54) is 7.11 Å². The highest BCUT2D eigenvalue weighted by molar-refractivity contribution is 7.80. The molecule has 1 saturated heterocycles. The molecule has 5 aromatic rings. The van der Waals surface area contributed by atoms with E-state index in [0.717, 1.165) is 22.7 Å². The highest BCUT2D eigenvalue weighted by Gasteiger charge is 2.42. The van der Waals surface area contributed by atoms with Crippen LogP contribution in [0.5, 0.6) is 17.2 Å². The Balaban J connectivity index is 1.31. The van der Waals surface area contributed by atoms with E-state index in [2.05, 4.69) is 10.3 Å². The molecule has 1 aliphatic heterocycles. The number of nitrogens with zero attached hydrogens (tertiary/aromatic N) is 2. The van der Waals surface area contributed by atoms with Crippen LogP contribution in [-0.4, -0.2) is 30.3 Å². The van der Waals surface area contributed by atoms with Crippen LogP contribution in [0.4, 0.5) is 5.69 Å². The van der Waals surface area contributed by atoms with Crippen LogP contribution >= 0.6 is 12.2 Å². The quantitative estimate of drug-likeness (QED) is 0.153. The Labute approximate surface area is 248 Å². The van der Waals surface area contributed by atoms with Gasteiger partial charge in [-0.25, -0.2) is 4.79 Å². The molecule has 2 aromatic heterocycles. The second-order valence-corrected chi connectivity index (χ2v) is 9.93. The van der Waals surface area contributed by atoms with Crippen LogP contribution in [-0.2, 0) is 4.74 Å². The standard InChI is InChI=1S/C33H27N3O5S/c1-38-24-14-16-26(17-15-24)40-25-12-10-23(11-13-25)36-31(30(35-33(36)42)27-5-3-4-20-34-27)29-19-18-28(41-29)21-6-8-22(9-7-21)32(37)39-2/h3-20,30-31H,1-2H3,(H,35,42)/t30-,31-/m0/s1. The second-order valence-electron chi connectivity index (χ2n) is 9.54. The van der Waals surface area contributed by atoms with Gasteiger partial charge in [-0.15, -0.1) is 0 Å². The minimum Gasteiger partial charge on any atom is -0.497 e. The molecule has 1 fully saturated rings. The maximum absolute atomic E-state index is 11.9. The molecule has 0 amide bonds. The number of carbonyl (C=O) groups is 1. The number of rotatable bonds is 8. The fourth-order valence-electron chi connectivity index (χ4n) is 4.93. The number of hydrogen-bond donors (Lipinski definition) is 1. The topological polar surface area (TPSA) is 86.1 Å². The molecule has 3 heterocycles. The zero-order chi connectivity index (χ0) is 29.1. The van der Waals surface area contributed by atoms with Gasteiger partial charge in [0.25, 0.3) is 0 Å². The fraction of sp³-hybridized carbons (Fsp3) is 0.121. The number of carbonyl (C=O) groups excluding carboxylic acids is 1. The van der Waals surface area contributed by atoms with Crippen molar-refractivity contribution in [2.45, 2.75) is 12.1 Å². The lowest BCUT2D eigenvalue weighted by atomic mass is 10.0. The molecule has 0 saturated carbocycles. The largest absolute Gasteiger partial charge is 0.497 e. The van der Waals surface area contributed by atoms with Gasteiger partial charge in [0.05, 0.1) is 31.5 Å². The predicted octanol–water partition coefficient (Wildman–Crippen LogP) is 7.11. The molecule has 0 aliphatic carbocycles. The number of anilines is 1. The molecule has 6 rings (SSSR count). The lowest BCUT2D eigenvalue weighted by Crippen LogP contribution is -2.29. The normalized spacial score (nSPS) is 16.1. The Kier molecular flexibility index (Phi) is 7.57. The molecule has 1 aliphatic rings. The molecule has 0 spiro atoms. The predicted molar refractivity (Wildman–Crippen MR) is 163 cm³/mol. The molecule has 1 N–H and O–H groups in total. The molecule has 9 heteroatoms. The monoisotopic (exact) mass is 577 g/mol.